The number of aliphatic hydroxyl groups excluding tert-OH is 3. The van der Waals surface area contributed by atoms with Crippen molar-refractivity contribution in [3.8, 4) is 17.2 Å². The number of aliphatic hydroxyl groups is 3. The van der Waals surface area contributed by atoms with Gasteiger partial charge in [0, 0.05) is 86.2 Å². The number of nitrogens with zero attached hydrogens (tertiary/aromatic N) is 3. The van der Waals surface area contributed by atoms with Gasteiger partial charge in [0.05, 0.1) is 47.3 Å². The number of hydrogen-bond acceptors (Lipinski definition) is 13. The van der Waals surface area contributed by atoms with E-state index in [0.717, 1.165) is 19.5 Å². The monoisotopic (exact) mass is 804 g/mol. The maximum Gasteiger partial charge on any atom is 0.312 e. The van der Waals surface area contributed by atoms with Gasteiger partial charge in [0.25, 0.3) is 11.7 Å². The molecular weight excluding hydrogens is 745 g/mol. The largest absolute Gasteiger partial charge is 0.507 e. The molecule has 5 heterocycles. The van der Waals surface area contributed by atoms with Crippen molar-refractivity contribution >= 4 is 28.2 Å². The number of methoxy groups -OCH3 is 1. The Morgan fingerprint density at radius 1 is 0.948 bits per heavy atom. The number of carbonyl (C=O) groups is 2. The fraction of sp³-hybridized carbons (Fsp3) is 0.591. The van der Waals surface area contributed by atoms with E-state index in [2.05, 4.69) is 29.1 Å². The first-order chi connectivity index (χ1) is 27.3. The molecule has 1 spiro atoms. The fourth-order valence-electron chi connectivity index (χ4n) is 8.82. The molecule has 5 aliphatic rings. The van der Waals surface area contributed by atoms with Gasteiger partial charge in [-0.05, 0) is 33.3 Å². The molecule has 14 nitrogen and oxygen atoms in total. The lowest BCUT2D eigenvalue weighted by Crippen LogP contribution is -2.49. The summed E-state index contributed by atoms with van der Waals surface area (Å²) in [7, 11) is 1.47. The molecule has 0 aliphatic carbocycles. The normalized spacial score (nSPS) is 34.3. The van der Waals surface area contributed by atoms with Crippen molar-refractivity contribution in [2.45, 2.75) is 123 Å². The van der Waals surface area contributed by atoms with Gasteiger partial charge in [0.2, 0.25) is 0 Å². The zero-order chi connectivity index (χ0) is 42.6. The number of anilines is 1. The molecule has 5 aliphatic heterocycles. The molecule has 0 saturated carbocycles. The van der Waals surface area contributed by atoms with Crippen LogP contribution in [0.25, 0.3) is 10.8 Å². The lowest BCUT2D eigenvalue weighted by atomic mass is 9.78. The lowest BCUT2D eigenvalue weighted by molar-refractivity contribution is -0.114. The third-order valence-electron chi connectivity index (χ3n) is 13.2. The first kappa shape index (κ1) is 43.2. The van der Waals surface area contributed by atoms with E-state index in [1.54, 1.807) is 65.8 Å². The number of carbonyl (C=O) groups excluding carboxylic acids is 2. The Bertz CT molecular complexity index is 2180. The van der Waals surface area contributed by atoms with E-state index >= 15 is 0 Å². The molecule has 0 radical (unpaired) electrons. The van der Waals surface area contributed by atoms with Crippen molar-refractivity contribution in [1.29, 1.82) is 0 Å². The summed E-state index contributed by atoms with van der Waals surface area (Å²) in [6.07, 6.45) is 6.00. The number of hydrogen-bond donors (Lipinski definition) is 6. The van der Waals surface area contributed by atoms with E-state index < -0.39 is 77.0 Å². The summed E-state index contributed by atoms with van der Waals surface area (Å²) in [6, 6.07) is 0.368. The van der Waals surface area contributed by atoms with Crippen molar-refractivity contribution in [2.75, 3.05) is 25.5 Å². The number of ketones is 1. The van der Waals surface area contributed by atoms with Crippen LogP contribution in [-0.4, -0.2) is 104 Å². The number of Topliss-reactive ketones (excluding diaryl/α,β-unsaturated/α-hetero) is 1. The van der Waals surface area contributed by atoms with Crippen LogP contribution in [0.15, 0.2) is 46.1 Å². The average Bonchev–Trinajstić information content (AvgIpc) is 3.70. The first-order valence-corrected chi connectivity index (χ1v) is 20.4. The minimum absolute atomic E-state index is 0.0680. The second-order valence-corrected chi connectivity index (χ2v) is 17.0. The highest BCUT2D eigenvalue weighted by atomic mass is 16.7. The zero-order valence-electron chi connectivity index (χ0n) is 35.2. The quantitative estimate of drug-likeness (QED) is 0.240. The van der Waals surface area contributed by atoms with Gasteiger partial charge < -0.3 is 50.0 Å². The highest BCUT2D eigenvalue weighted by Crippen LogP contribution is 2.51. The van der Waals surface area contributed by atoms with Crippen LogP contribution in [0, 0.1) is 30.6 Å². The second-order valence-electron chi connectivity index (χ2n) is 17.0. The molecule has 1 amide bonds. The van der Waals surface area contributed by atoms with E-state index in [0.29, 0.717) is 24.6 Å². The number of allylic oxidation sites excluding steroid dienone is 2. The number of phenolic OH excluding ortho intramolecular Hbond substituents is 2. The first-order valence-electron chi connectivity index (χ1n) is 20.4. The van der Waals surface area contributed by atoms with E-state index in [4.69, 9.17) is 19.2 Å². The Hall–Kier alpha value is -4.34. The molecule has 1 saturated heterocycles. The van der Waals surface area contributed by atoms with Crippen LogP contribution in [0.3, 0.4) is 0 Å². The summed E-state index contributed by atoms with van der Waals surface area (Å²) >= 11 is 0. The molecule has 14 heteroatoms. The molecule has 10 atom stereocenters. The Morgan fingerprint density at radius 2 is 1.59 bits per heavy atom. The van der Waals surface area contributed by atoms with E-state index in [1.807, 2.05) is 0 Å². The summed E-state index contributed by atoms with van der Waals surface area (Å²) in [5, 5.41) is 61.5. The molecular formula is C44H60N4O10. The van der Waals surface area contributed by atoms with Crippen LogP contribution in [0.1, 0.15) is 90.6 Å². The summed E-state index contributed by atoms with van der Waals surface area (Å²) in [4.78, 5) is 40.3. The third-order valence-corrected chi connectivity index (χ3v) is 13.2. The van der Waals surface area contributed by atoms with Crippen LogP contribution in [0.2, 0.25) is 0 Å². The zero-order valence-corrected chi connectivity index (χ0v) is 35.2. The van der Waals surface area contributed by atoms with Gasteiger partial charge in [0.1, 0.15) is 27.9 Å². The van der Waals surface area contributed by atoms with Crippen LogP contribution in [0.5, 0.6) is 17.2 Å². The Morgan fingerprint density at radius 3 is 2.22 bits per heavy atom. The fourth-order valence-corrected chi connectivity index (χ4v) is 8.82. The molecule has 6 N–H and O–H groups in total. The molecule has 5 bridgehead atoms. The molecule has 1 fully saturated rings. The van der Waals surface area contributed by atoms with Gasteiger partial charge in [0.15, 0.2) is 5.75 Å². The van der Waals surface area contributed by atoms with Crippen LogP contribution >= 0.6 is 0 Å². The summed E-state index contributed by atoms with van der Waals surface area (Å²) in [5.41, 5.74) is -0.0493. The minimum Gasteiger partial charge on any atom is -0.507 e. The summed E-state index contributed by atoms with van der Waals surface area (Å²) < 4.78 is 18.0. The van der Waals surface area contributed by atoms with Gasteiger partial charge >= 0.3 is 5.79 Å². The highest BCUT2D eigenvalue weighted by Gasteiger charge is 2.50. The van der Waals surface area contributed by atoms with Crippen LogP contribution in [-0.2, 0) is 14.3 Å². The number of amides is 1. The van der Waals surface area contributed by atoms with Crippen molar-refractivity contribution in [3.63, 3.8) is 0 Å². The average molecular weight is 805 g/mol. The van der Waals surface area contributed by atoms with Crippen LogP contribution in [0.4, 0.5) is 5.69 Å². The van der Waals surface area contributed by atoms with E-state index in [-0.39, 0.29) is 49.7 Å². The Kier molecular flexibility index (Phi) is 12.2. The number of likely N-dealkylation sites (tertiary alicyclic amines) is 1. The van der Waals surface area contributed by atoms with Gasteiger partial charge in [-0.2, -0.15) is 0 Å². The molecule has 316 valence electrons. The maximum absolute atomic E-state index is 14.6. The molecule has 58 heavy (non-hydrogen) atoms. The van der Waals surface area contributed by atoms with Gasteiger partial charge in [-0.3, -0.25) is 14.6 Å². The van der Waals surface area contributed by atoms with E-state index in [1.165, 1.54) is 20.3 Å². The molecule has 2 aromatic rings. The number of benzene rings is 2. The van der Waals surface area contributed by atoms with Crippen molar-refractivity contribution in [1.82, 2.24) is 4.90 Å². The Labute approximate surface area is 339 Å². The van der Waals surface area contributed by atoms with Gasteiger partial charge in [-0.25, -0.2) is 4.99 Å². The van der Waals surface area contributed by atoms with Crippen molar-refractivity contribution in [3.05, 3.63) is 58.0 Å². The van der Waals surface area contributed by atoms with Crippen molar-refractivity contribution in [2.24, 2.45) is 33.7 Å². The van der Waals surface area contributed by atoms with Gasteiger partial charge in [-0.15, -0.1) is 0 Å². The summed E-state index contributed by atoms with van der Waals surface area (Å²) in [6.45, 7) is 17.3. The SMILES string of the molecule is CC[C@H](C)N1CCC2(CC1)N=c1c(c3c4c5c(C)c(O)c3c(O)c1=NC(=O)/C(C)=C\C=C/[C@H](C)[C@H](O)[C@@H](C)[C@H](O)[C@@H](C)[C@H](O)[C@H](C)[C@@H](OC)/C=C\O[C@@](C)(O5)C4=O)N2. The molecule has 0 unspecified atom stereocenters. The number of phenols is 2. The molecule has 0 aromatic heterocycles. The third kappa shape index (κ3) is 7.42. The Balaban J connectivity index is 1.56. The highest BCUT2D eigenvalue weighted by molar-refractivity contribution is 6.21. The number of aromatic hydroxyl groups is 2. The number of ether oxygens (including phenoxy) is 3. The molecule has 2 aromatic carbocycles. The number of rotatable bonds is 3. The summed E-state index contributed by atoms with van der Waals surface area (Å²) in [5.74, 6) is -6.31. The number of piperidine rings is 1. The maximum atomic E-state index is 14.6. The smallest absolute Gasteiger partial charge is 0.312 e. The van der Waals surface area contributed by atoms with Crippen LogP contribution < -0.4 is 20.8 Å². The lowest BCUT2D eigenvalue weighted by Gasteiger charge is -2.40. The predicted molar refractivity (Wildman–Crippen MR) is 218 cm³/mol. The molecule has 7 rings (SSSR count). The predicted octanol–water partition coefficient (Wildman–Crippen LogP) is 4.32. The topological polar surface area (TPSA) is 203 Å². The van der Waals surface area contributed by atoms with E-state index in [9.17, 15) is 35.1 Å². The number of nitrogens with one attached hydrogen (secondary N) is 1. The number of fused-ring (bicyclic) bond motifs is 13. The van der Waals surface area contributed by atoms with Crippen molar-refractivity contribution < 1.29 is 49.3 Å². The standard InChI is InChI=1S/C44H60N4O10/c1-11-23(4)48-18-16-44(17-19-48)46-32-29-30-38(52)27(8)40-31(29)41(54)43(9,58-40)57-20-15-28(56-10)24(5)36(50)26(7)37(51)25(6)35(49)21(2)13-12-14-22(3)42(55)45-34(39(30)53)33(32)47-44/h12-15,20-21,23-26,28,35-37,46,49-53H,11,16-19H2,1-10H3/b13-12-,20-15-,22-14-,45-34?/t21-,23-,24+,25+,26-,28-,35-,36+,37-,43-/m0/s1. The second kappa shape index (κ2) is 16.4. The minimum atomic E-state index is -1.92. The van der Waals surface area contributed by atoms with Gasteiger partial charge in [-0.1, -0.05) is 52.8 Å².